The standard InChI is InChI=1S/C18H16F3NO/c1-17(2)10-16(22-23)14-7-6-12(9-15(14)17)11-4-3-5-13(8-11)18(19,20)21/h3-9,23H,10H2,1-2H3/b22-16+. The highest BCUT2D eigenvalue weighted by atomic mass is 19.4. The average Bonchev–Trinajstić information content (AvgIpc) is 2.77. The molecule has 3 rings (SSSR count). The van der Waals surface area contributed by atoms with Crippen LogP contribution >= 0.6 is 0 Å². The molecule has 120 valence electrons. The highest BCUT2D eigenvalue weighted by Crippen LogP contribution is 2.41. The Morgan fingerprint density at radius 3 is 2.39 bits per heavy atom. The van der Waals surface area contributed by atoms with Crippen molar-refractivity contribution in [2.24, 2.45) is 5.16 Å². The van der Waals surface area contributed by atoms with Crippen molar-refractivity contribution >= 4 is 5.71 Å². The molecule has 0 amide bonds. The van der Waals surface area contributed by atoms with E-state index in [0.717, 1.165) is 28.8 Å². The van der Waals surface area contributed by atoms with Gasteiger partial charge in [0.15, 0.2) is 0 Å². The Morgan fingerprint density at radius 2 is 1.74 bits per heavy atom. The number of hydrogen-bond donors (Lipinski definition) is 1. The molecule has 0 atom stereocenters. The van der Waals surface area contributed by atoms with Gasteiger partial charge >= 0.3 is 6.18 Å². The molecule has 0 spiro atoms. The number of halogens is 3. The van der Waals surface area contributed by atoms with Crippen molar-refractivity contribution < 1.29 is 18.4 Å². The largest absolute Gasteiger partial charge is 0.416 e. The van der Waals surface area contributed by atoms with Gasteiger partial charge in [0.05, 0.1) is 11.3 Å². The van der Waals surface area contributed by atoms with Crippen LogP contribution in [0.5, 0.6) is 0 Å². The van der Waals surface area contributed by atoms with E-state index in [4.69, 9.17) is 5.21 Å². The average molecular weight is 319 g/mol. The normalized spacial score (nSPS) is 18.2. The van der Waals surface area contributed by atoms with Crippen molar-refractivity contribution in [2.75, 3.05) is 0 Å². The summed E-state index contributed by atoms with van der Waals surface area (Å²) in [6.45, 7) is 4.06. The van der Waals surface area contributed by atoms with Gasteiger partial charge in [-0.15, -0.1) is 0 Å². The summed E-state index contributed by atoms with van der Waals surface area (Å²) >= 11 is 0. The van der Waals surface area contributed by atoms with Gasteiger partial charge in [0.1, 0.15) is 0 Å². The Hall–Kier alpha value is -2.30. The predicted octanol–water partition coefficient (Wildman–Crippen LogP) is 5.23. The van der Waals surface area contributed by atoms with Crippen LogP contribution in [0, 0.1) is 0 Å². The zero-order chi connectivity index (χ0) is 16.8. The summed E-state index contributed by atoms with van der Waals surface area (Å²) in [7, 11) is 0. The Balaban J connectivity index is 2.11. The van der Waals surface area contributed by atoms with Gasteiger partial charge in [0.2, 0.25) is 0 Å². The van der Waals surface area contributed by atoms with Gasteiger partial charge in [0.25, 0.3) is 0 Å². The lowest BCUT2D eigenvalue weighted by molar-refractivity contribution is -0.137. The molecule has 2 nitrogen and oxygen atoms in total. The van der Waals surface area contributed by atoms with E-state index in [9.17, 15) is 13.2 Å². The van der Waals surface area contributed by atoms with Crippen LogP contribution in [-0.2, 0) is 11.6 Å². The van der Waals surface area contributed by atoms with Crippen molar-refractivity contribution in [2.45, 2.75) is 31.9 Å². The predicted molar refractivity (Wildman–Crippen MR) is 82.8 cm³/mol. The number of alkyl halides is 3. The maximum absolute atomic E-state index is 12.9. The van der Waals surface area contributed by atoms with E-state index in [1.54, 1.807) is 12.1 Å². The highest BCUT2D eigenvalue weighted by molar-refractivity contribution is 6.06. The van der Waals surface area contributed by atoms with E-state index in [2.05, 4.69) is 5.16 Å². The maximum atomic E-state index is 12.9. The first-order valence-corrected chi connectivity index (χ1v) is 7.26. The molecule has 0 heterocycles. The molecule has 2 aromatic carbocycles. The summed E-state index contributed by atoms with van der Waals surface area (Å²) in [6, 6.07) is 10.8. The molecule has 1 N–H and O–H groups in total. The molecule has 2 aromatic rings. The van der Waals surface area contributed by atoms with E-state index in [1.807, 2.05) is 26.0 Å². The topological polar surface area (TPSA) is 32.6 Å². The Labute approximate surface area is 132 Å². The molecule has 5 heteroatoms. The summed E-state index contributed by atoms with van der Waals surface area (Å²) < 4.78 is 38.6. The lowest BCUT2D eigenvalue weighted by Crippen LogP contribution is -2.12. The van der Waals surface area contributed by atoms with Gasteiger partial charge in [-0.05, 0) is 40.3 Å². The van der Waals surface area contributed by atoms with Crippen LogP contribution in [0.15, 0.2) is 47.6 Å². The van der Waals surface area contributed by atoms with Gasteiger partial charge < -0.3 is 5.21 Å². The molecule has 0 saturated carbocycles. The molecular weight excluding hydrogens is 303 g/mol. The van der Waals surface area contributed by atoms with E-state index >= 15 is 0 Å². The van der Waals surface area contributed by atoms with E-state index in [-0.39, 0.29) is 5.41 Å². The number of nitrogens with zero attached hydrogens (tertiary/aromatic N) is 1. The Kier molecular flexibility index (Phi) is 3.47. The smallest absolute Gasteiger partial charge is 0.411 e. The second kappa shape index (κ2) is 5.11. The molecule has 0 saturated heterocycles. The minimum Gasteiger partial charge on any atom is -0.411 e. The maximum Gasteiger partial charge on any atom is 0.416 e. The van der Waals surface area contributed by atoms with Crippen LogP contribution in [0.25, 0.3) is 11.1 Å². The first-order chi connectivity index (χ1) is 10.7. The van der Waals surface area contributed by atoms with Crippen molar-refractivity contribution in [3.05, 3.63) is 59.2 Å². The van der Waals surface area contributed by atoms with Gasteiger partial charge in [-0.1, -0.05) is 43.3 Å². The van der Waals surface area contributed by atoms with Gasteiger partial charge in [0, 0.05) is 12.0 Å². The zero-order valence-corrected chi connectivity index (χ0v) is 12.8. The third-order valence-electron chi connectivity index (χ3n) is 4.31. The summed E-state index contributed by atoms with van der Waals surface area (Å²) in [5, 5.41) is 12.5. The second-order valence-electron chi connectivity index (χ2n) is 6.45. The Morgan fingerprint density at radius 1 is 1.04 bits per heavy atom. The fraction of sp³-hybridized carbons (Fsp3) is 0.278. The lowest BCUT2D eigenvalue weighted by Gasteiger charge is -2.19. The number of rotatable bonds is 1. The SMILES string of the molecule is CC1(C)C/C(=N\O)c2ccc(-c3cccc(C(F)(F)F)c3)cc21. The Bertz CT molecular complexity index is 791. The van der Waals surface area contributed by atoms with Crippen molar-refractivity contribution in [3.63, 3.8) is 0 Å². The van der Waals surface area contributed by atoms with Gasteiger partial charge in [-0.3, -0.25) is 0 Å². The highest BCUT2D eigenvalue weighted by Gasteiger charge is 2.35. The number of hydrogen-bond acceptors (Lipinski definition) is 2. The quantitative estimate of drug-likeness (QED) is 0.566. The number of oxime groups is 1. The molecule has 1 aliphatic carbocycles. The zero-order valence-electron chi connectivity index (χ0n) is 12.8. The first-order valence-electron chi connectivity index (χ1n) is 7.26. The van der Waals surface area contributed by atoms with Gasteiger partial charge in [-0.2, -0.15) is 13.2 Å². The van der Waals surface area contributed by atoms with Crippen LogP contribution in [-0.4, -0.2) is 10.9 Å². The third kappa shape index (κ3) is 2.71. The van der Waals surface area contributed by atoms with Crippen LogP contribution < -0.4 is 0 Å². The van der Waals surface area contributed by atoms with E-state index in [0.29, 0.717) is 17.7 Å². The lowest BCUT2D eigenvalue weighted by atomic mass is 9.85. The molecule has 0 unspecified atom stereocenters. The van der Waals surface area contributed by atoms with Crippen molar-refractivity contribution in [1.29, 1.82) is 0 Å². The minimum absolute atomic E-state index is 0.214. The summed E-state index contributed by atoms with van der Waals surface area (Å²) in [6.07, 6.45) is -3.76. The monoisotopic (exact) mass is 319 g/mol. The summed E-state index contributed by atoms with van der Waals surface area (Å²) in [5.41, 5.74) is 2.82. The van der Waals surface area contributed by atoms with Crippen LogP contribution in [0.1, 0.15) is 37.0 Å². The fourth-order valence-corrected chi connectivity index (χ4v) is 3.11. The van der Waals surface area contributed by atoms with Gasteiger partial charge in [-0.25, -0.2) is 0 Å². The molecule has 0 aliphatic heterocycles. The number of benzene rings is 2. The molecule has 23 heavy (non-hydrogen) atoms. The van der Waals surface area contributed by atoms with E-state index in [1.165, 1.54) is 6.07 Å². The van der Waals surface area contributed by atoms with Crippen molar-refractivity contribution in [3.8, 4) is 11.1 Å². The molecular formula is C18H16F3NO. The summed E-state index contributed by atoms with van der Waals surface area (Å²) in [4.78, 5) is 0. The molecule has 0 aromatic heterocycles. The molecule has 0 bridgehead atoms. The van der Waals surface area contributed by atoms with Crippen LogP contribution in [0.4, 0.5) is 13.2 Å². The second-order valence-corrected chi connectivity index (χ2v) is 6.45. The first kappa shape index (κ1) is 15.6. The fourth-order valence-electron chi connectivity index (χ4n) is 3.11. The molecule has 0 fully saturated rings. The third-order valence-corrected chi connectivity index (χ3v) is 4.31. The van der Waals surface area contributed by atoms with Crippen molar-refractivity contribution in [1.82, 2.24) is 0 Å². The molecule has 1 aliphatic rings. The van der Waals surface area contributed by atoms with E-state index < -0.39 is 11.7 Å². The number of fused-ring (bicyclic) bond motifs is 1. The minimum atomic E-state index is -4.36. The summed E-state index contributed by atoms with van der Waals surface area (Å²) in [5.74, 6) is 0. The molecule has 0 radical (unpaired) electrons. The van der Waals surface area contributed by atoms with Crippen LogP contribution in [0.2, 0.25) is 0 Å². The van der Waals surface area contributed by atoms with Crippen LogP contribution in [0.3, 0.4) is 0 Å².